The lowest BCUT2D eigenvalue weighted by atomic mass is 9.99. The quantitative estimate of drug-likeness (QED) is 0.730. The molecule has 0 saturated carbocycles. The van der Waals surface area contributed by atoms with Gasteiger partial charge >= 0.3 is 5.97 Å². The van der Waals surface area contributed by atoms with Gasteiger partial charge in [-0.05, 0) is 30.5 Å². The molecule has 128 valence electrons. The number of carbonyl (C=O) groups excluding carboxylic acids is 1. The Hall–Kier alpha value is -2.24. The summed E-state index contributed by atoms with van der Waals surface area (Å²) in [7, 11) is 1.50. The second kappa shape index (κ2) is 9.02. The van der Waals surface area contributed by atoms with Crippen LogP contribution < -0.4 is 14.8 Å². The second-order valence-electron chi connectivity index (χ2n) is 5.39. The standard InChI is InChI=1S/C17H25NO5/c1-5-9-23-13-8-7-12(10-14(13)22-4)16(19)18-15(17(20)21)11(3)6-2/h7-8,10-11,15H,5-6,9H2,1-4H3,(H,18,19)(H,20,21). The predicted octanol–water partition coefficient (Wildman–Crippen LogP) is 2.71. The molecule has 0 saturated heterocycles. The third kappa shape index (κ3) is 5.16. The molecule has 1 aromatic carbocycles. The number of carboxylic acids is 1. The highest BCUT2D eigenvalue weighted by atomic mass is 16.5. The molecule has 0 aromatic heterocycles. The minimum absolute atomic E-state index is 0.162. The SMILES string of the molecule is CCCOc1ccc(C(=O)NC(C(=O)O)C(C)CC)cc1OC. The zero-order valence-electron chi connectivity index (χ0n) is 14.1. The molecule has 1 amide bonds. The number of nitrogens with one attached hydrogen (secondary N) is 1. The van der Waals surface area contributed by atoms with E-state index in [4.69, 9.17) is 9.47 Å². The van der Waals surface area contributed by atoms with E-state index in [1.807, 2.05) is 13.8 Å². The number of amides is 1. The van der Waals surface area contributed by atoms with Crippen LogP contribution >= 0.6 is 0 Å². The molecule has 0 spiro atoms. The Morgan fingerprint density at radius 2 is 1.96 bits per heavy atom. The molecular formula is C17H25NO5. The van der Waals surface area contributed by atoms with Crippen LogP contribution in [0.1, 0.15) is 44.0 Å². The molecule has 2 atom stereocenters. The summed E-state index contributed by atoms with van der Waals surface area (Å²) in [6, 6.07) is 3.88. The van der Waals surface area contributed by atoms with Crippen LogP contribution in [-0.2, 0) is 4.79 Å². The molecule has 23 heavy (non-hydrogen) atoms. The van der Waals surface area contributed by atoms with Crippen molar-refractivity contribution >= 4 is 11.9 Å². The second-order valence-corrected chi connectivity index (χ2v) is 5.39. The van der Waals surface area contributed by atoms with E-state index in [0.717, 1.165) is 6.42 Å². The molecule has 0 radical (unpaired) electrons. The van der Waals surface area contributed by atoms with E-state index in [2.05, 4.69) is 5.32 Å². The Morgan fingerprint density at radius 1 is 1.26 bits per heavy atom. The summed E-state index contributed by atoms with van der Waals surface area (Å²) < 4.78 is 10.8. The van der Waals surface area contributed by atoms with Gasteiger partial charge in [-0.25, -0.2) is 4.79 Å². The summed E-state index contributed by atoms with van der Waals surface area (Å²) in [4.78, 5) is 23.6. The van der Waals surface area contributed by atoms with Crippen molar-refractivity contribution in [1.82, 2.24) is 5.32 Å². The first-order valence-electron chi connectivity index (χ1n) is 7.79. The number of aliphatic carboxylic acids is 1. The normalized spacial score (nSPS) is 13.0. The Bertz CT molecular complexity index is 544. The van der Waals surface area contributed by atoms with Gasteiger partial charge in [-0.1, -0.05) is 27.2 Å². The van der Waals surface area contributed by atoms with Crippen molar-refractivity contribution in [3.8, 4) is 11.5 Å². The van der Waals surface area contributed by atoms with Crippen molar-refractivity contribution in [2.75, 3.05) is 13.7 Å². The molecule has 0 aliphatic heterocycles. The molecular weight excluding hydrogens is 298 g/mol. The number of methoxy groups -OCH3 is 1. The summed E-state index contributed by atoms with van der Waals surface area (Å²) in [5.41, 5.74) is 0.334. The minimum Gasteiger partial charge on any atom is -0.493 e. The number of benzene rings is 1. The maximum Gasteiger partial charge on any atom is 0.326 e. The van der Waals surface area contributed by atoms with Gasteiger partial charge in [0.2, 0.25) is 0 Å². The van der Waals surface area contributed by atoms with Crippen molar-refractivity contribution in [2.24, 2.45) is 5.92 Å². The first kappa shape index (κ1) is 18.8. The van der Waals surface area contributed by atoms with E-state index in [0.29, 0.717) is 30.1 Å². The lowest BCUT2D eigenvalue weighted by Gasteiger charge is -2.20. The largest absolute Gasteiger partial charge is 0.493 e. The van der Waals surface area contributed by atoms with Gasteiger partial charge in [0.1, 0.15) is 6.04 Å². The Labute approximate surface area is 136 Å². The highest BCUT2D eigenvalue weighted by molar-refractivity contribution is 5.97. The van der Waals surface area contributed by atoms with Gasteiger partial charge in [0.05, 0.1) is 13.7 Å². The zero-order chi connectivity index (χ0) is 17.4. The lowest BCUT2D eigenvalue weighted by molar-refractivity contribution is -0.140. The fourth-order valence-electron chi connectivity index (χ4n) is 2.05. The summed E-state index contributed by atoms with van der Waals surface area (Å²) in [6.07, 6.45) is 1.52. The zero-order valence-corrected chi connectivity index (χ0v) is 14.1. The molecule has 2 N–H and O–H groups in total. The number of hydrogen-bond acceptors (Lipinski definition) is 4. The van der Waals surface area contributed by atoms with Gasteiger partial charge in [0, 0.05) is 5.56 Å². The van der Waals surface area contributed by atoms with Gasteiger partial charge in [0.25, 0.3) is 5.91 Å². The highest BCUT2D eigenvalue weighted by Gasteiger charge is 2.26. The summed E-state index contributed by atoms with van der Waals surface area (Å²) in [5.74, 6) is -0.643. The van der Waals surface area contributed by atoms with Crippen LogP contribution in [0, 0.1) is 5.92 Å². The van der Waals surface area contributed by atoms with Crippen LogP contribution in [0.3, 0.4) is 0 Å². The highest BCUT2D eigenvalue weighted by Crippen LogP contribution is 2.28. The molecule has 0 heterocycles. The van der Waals surface area contributed by atoms with Gasteiger partial charge < -0.3 is 19.9 Å². The monoisotopic (exact) mass is 323 g/mol. The third-order valence-electron chi connectivity index (χ3n) is 3.65. The topological polar surface area (TPSA) is 84.9 Å². The molecule has 6 nitrogen and oxygen atoms in total. The van der Waals surface area contributed by atoms with Gasteiger partial charge in [0.15, 0.2) is 11.5 Å². The average molecular weight is 323 g/mol. The van der Waals surface area contributed by atoms with Crippen molar-refractivity contribution in [1.29, 1.82) is 0 Å². The fourth-order valence-corrected chi connectivity index (χ4v) is 2.05. The van der Waals surface area contributed by atoms with Crippen molar-refractivity contribution in [3.05, 3.63) is 23.8 Å². The molecule has 2 unspecified atom stereocenters. The van der Waals surface area contributed by atoms with Crippen LogP contribution in [0.5, 0.6) is 11.5 Å². The number of hydrogen-bond donors (Lipinski definition) is 2. The lowest BCUT2D eigenvalue weighted by Crippen LogP contribution is -2.45. The van der Waals surface area contributed by atoms with E-state index in [-0.39, 0.29) is 5.92 Å². The number of carboxylic acid groups (broad SMARTS) is 1. The Balaban J connectivity index is 2.92. The van der Waals surface area contributed by atoms with Crippen molar-refractivity contribution in [2.45, 2.75) is 39.7 Å². The first-order chi connectivity index (χ1) is 10.9. The third-order valence-corrected chi connectivity index (χ3v) is 3.65. The van der Waals surface area contributed by atoms with Gasteiger partial charge in [-0.3, -0.25) is 4.79 Å². The van der Waals surface area contributed by atoms with Crippen LogP contribution in [0.4, 0.5) is 0 Å². The van der Waals surface area contributed by atoms with E-state index >= 15 is 0 Å². The number of rotatable bonds is 9. The fraction of sp³-hybridized carbons (Fsp3) is 0.529. The van der Waals surface area contributed by atoms with Crippen LogP contribution in [0.15, 0.2) is 18.2 Å². The summed E-state index contributed by atoms with van der Waals surface area (Å²) >= 11 is 0. The van der Waals surface area contributed by atoms with E-state index < -0.39 is 17.9 Å². The Morgan fingerprint density at radius 3 is 2.48 bits per heavy atom. The summed E-state index contributed by atoms with van der Waals surface area (Å²) in [6.45, 7) is 6.23. The number of ether oxygens (including phenoxy) is 2. The van der Waals surface area contributed by atoms with Crippen LogP contribution in [-0.4, -0.2) is 36.7 Å². The smallest absolute Gasteiger partial charge is 0.326 e. The number of carbonyl (C=O) groups is 2. The molecule has 0 fully saturated rings. The van der Waals surface area contributed by atoms with Crippen LogP contribution in [0.2, 0.25) is 0 Å². The minimum atomic E-state index is -1.04. The molecule has 0 aliphatic rings. The van der Waals surface area contributed by atoms with Crippen LogP contribution in [0.25, 0.3) is 0 Å². The maximum absolute atomic E-state index is 12.3. The summed E-state index contributed by atoms with van der Waals surface area (Å²) in [5, 5.41) is 11.8. The molecule has 0 aliphatic carbocycles. The van der Waals surface area contributed by atoms with E-state index in [1.54, 1.807) is 25.1 Å². The molecule has 0 bridgehead atoms. The van der Waals surface area contributed by atoms with Crippen molar-refractivity contribution in [3.63, 3.8) is 0 Å². The molecule has 6 heteroatoms. The average Bonchev–Trinajstić information content (AvgIpc) is 2.56. The van der Waals surface area contributed by atoms with Gasteiger partial charge in [-0.2, -0.15) is 0 Å². The molecule has 1 aromatic rings. The van der Waals surface area contributed by atoms with E-state index in [9.17, 15) is 14.7 Å². The predicted molar refractivity (Wildman–Crippen MR) is 87.1 cm³/mol. The van der Waals surface area contributed by atoms with Gasteiger partial charge in [-0.15, -0.1) is 0 Å². The first-order valence-corrected chi connectivity index (χ1v) is 7.79. The van der Waals surface area contributed by atoms with E-state index in [1.165, 1.54) is 7.11 Å². The molecule has 1 rings (SSSR count). The van der Waals surface area contributed by atoms with Crippen molar-refractivity contribution < 1.29 is 24.2 Å². The maximum atomic E-state index is 12.3. The Kier molecular flexibility index (Phi) is 7.38.